The fraction of sp³-hybridized carbons (Fsp3) is 0.312. The van der Waals surface area contributed by atoms with Gasteiger partial charge in [0, 0.05) is 19.2 Å². The molecule has 2 aromatic rings. The summed E-state index contributed by atoms with van der Waals surface area (Å²) in [5.74, 6) is -0.498. The van der Waals surface area contributed by atoms with E-state index in [0.29, 0.717) is 13.1 Å². The molecular formula is C16H14F4N2O2. The van der Waals surface area contributed by atoms with E-state index in [9.17, 15) is 17.6 Å². The second-order valence-electron chi connectivity index (χ2n) is 5.33. The first-order valence-electron chi connectivity index (χ1n) is 7.24. The van der Waals surface area contributed by atoms with Crippen LogP contribution in [-0.4, -0.2) is 24.2 Å². The van der Waals surface area contributed by atoms with Gasteiger partial charge in [-0.2, -0.15) is 13.2 Å². The Kier molecular flexibility index (Phi) is 4.68. The van der Waals surface area contributed by atoms with E-state index >= 15 is 0 Å². The Morgan fingerprint density at radius 2 is 1.83 bits per heavy atom. The summed E-state index contributed by atoms with van der Waals surface area (Å²) in [4.78, 5) is 4.03. The number of ether oxygens (including phenoxy) is 2. The van der Waals surface area contributed by atoms with Crippen LogP contribution in [0.3, 0.4) is 0 Å². The molecule has 3 rings (SSSR count). The highest BCUT2D eigenvalue weighted by Gasteiger charge is 2.32. The van der Waals surface area contributed by atoms with Gasteiger partial charge in [-0.15, -0.1) is 0 Å². The van der Waals surface area contributed by atoms with Crippen LogP contribution < -0.4 is 10.1 Å². The van der Waals surface area contributed by atoms with E-state index in [0.717, 1.165) is 24.3 Å². The van der Waals surface area contributed by atoms with Gasteiger partial charge in [0.05, 0.1) is 24.0 Å². The summed E-state index contributed by atoms with van der Waals surface area (Å²) in [5.41, 5.74) is -0.756. The first kappa shape index (κ1) is 16.7. The number of rotatable bonds is 5. The summed E-state index contributed by atoms with van der Waals surface area (Å²) in [7, 11) is 0. The second-order valence-corrected chi connectivity index (χ2v) is 5.33. The average Bonchev–Trinajstić information content (AvgIpc) is 2.47. The van der Waals surface area contributed by atoms with Gasteiger partial charge in [-0.05, 0) is 30.3 Å². The van der Waals surface area contributed by atoms with Crippen molar-refractivity contribution in [3.63, 3.8) is 0 Å². The maximum atomic E-state index is 13.0. The number of hydrogen-bond acceptors (Lipinski definition) is 4. The molecule has 2 heterocycles. The van der Waals surface area contributed by atoms with Crippen LogP contribution in [0, 0.1) is 5.82 Å². The number of nitrogens with zero attached hydrogens (tertiary/aromatic N) is 1. The molecule has 8 heteroatoms. The van der Waals surface area contributed by atoms with E-state index < -0.39 is 17.6 Å². The molecule has 0 atom stereocenters. The highest BCUT2D eigenvalue weighted by atomic mass is 19.4. The third-order valence-corrected chi connectivity index (χ3v) is 3.43. The summed E-state index contributed by atoms with van der Waals surface area (Å²) >= 11 is 0. The topological polar surface area (TPSA) is 43.4 Å². The largest absolute Gasteiger partial charge is 0.439 e. The Bertz CT molecular complexity index is 700. The molecule has 1 saturated heterocycles. The zero-order chi connectivity index (χ0) is 17.2. The Balaban J connectivity index is 1.81. The fourth-order valence-corrected chi connectivity index (χ4v) is 2.06. The van der Waals surface area contributed by atoms with Gasteiger partial charge in [-0.3, -0.25) is 0 Å². The maximum absolute atomic E-state index is 13.0. The molecule has 0 radical (unpaired) electrons. The number of nitrogens with one attached hydrogen (secondary N) is 1. The molecule has 0 spiro atoms. The van der Waals surface area contributed by atoms with Crippen molar-refractivity contribution in [3.05, 3.63) is 53.5 Å². The standard InChI is InChI=1S/C16H14F4N2O2/c17-11-1-3-13(4-2-11)24-15-6-10(16(18,19)20)5-12(22-15)9-23-14-7-21-8-14/h1-6,14,21H,7-9H2. The molecule has 24 heavy (non-hydrogen) atoms. The number of hydrogen-bond donors (Lipinski definition) is 1. The van der Waals surface area contributed by atoms with Crippen molar-refractivity contribution in [1.82, 2.24) is 10.3 Å². The zero-order valence-electron chi connectivity index (χ0n) is 12.4. The van der Waals surface area contributed by atoms with Gasteiger partial charge in [-0.25, -0.2) is 9.37 Å². The first-order chi connectivity index (χ1) is 11.4. The van der Waals surface area contributed by atoms with Crippen LogP contribution in [0.4, 0.5) is 17.6 Å². The van der Waals surface area contributed by atoms with Crippen molar-refractivity contribution in [2.75, 3.05) is 13.1 Å². The van der Waals surface area contributed by atoms with Crippen LogP contribution in [0.5, 0.6) is 11.6 Å². The zero-order valence-corrected chi connectivity index (χ0v) is 12.4. The minimum absolute atomic E-state index is 0.0252. The van der Waals surface area contributed by atoms with Crippen LogP contribution in [0.1, 0.15) is 11.3 Å². The third kappa shape index (κ3) is 4.21. The normalized spacial score (nSPS) is 15.2. The minimum atomic E-state index is -4.53. The summed E-state index contributed by atoms with van der Waals surface area (Å²) < 4.78 is 62.7. The smallest absolute Gasteiger partial charge is 0.416 e. The molecule has 1 N–H and O–H groups in total. The van der Waals surface area contributed by atoms with Crippen molar-refractivity contribution >= 4 is 0 Å². The predicted molar refractivity (Wildman–Crippen MR) is 77.2 cm³/mol. The Hall–Kier alpha value is -2.19. The summed E-state index contributed by atoms with van der Waals surface area (Å²) in [6.07, 6.45) is -4.56. The van der Waals surface area contributed by atoms with Crippen molar-refractivity contribution < 1.29 is 27.0 Å². The van der Waals surface area contributed by atoms with Gasteiger partial charge in [0.1, 0.15) is 11.6 Å². The van der Waals surface area contributed by atoms with E-state index in [2.05, 4.69) is 10.3 Å². The summed E-state index contributed by atoms with van der Waals surface area (Å²) in [6, 6.07) is 6.66. The SMILES string of the molecule is Fc1ccc(Oc2cc(C(F)(F)F)cc(COC3CNC3)n2)cc1. The lowest BCUT2D eigenvalue weighted by Gasteiger charge is -2.27. The molecule has 0 aliphatic carbocycles. The molecule has 1 aromatic carbocycles. The molecule has 0 bridgehead atoms. The van der Waals surface area contributed by atoms with Gasteiger partial charge in [0.15, 0.2) is 0 Å². The number of benzene rings is 1. The lowest BCUT2D eigenvalue weighted by molar-refractivity contribution is -0.137. The molecule has 1 aliphatic heterocycles. The van der Waals surface area contributed by atoms with Crippen molar-refractivity contribution in [2.24, 2.45) is 0 Å². The van der Waals surface area contributed by atoms with E-state index in [1.165, 1.54) is 12.1 Å². The molecule has 0 unspecified atom stereocenters. The third-order valence-electron chi connectivity index (χ3n) is 3.43. The fourth-order valence-electron chi connectivity index (χ4n) is 2.06. The van der Waals surface area contributed by atoms with Crippen molar-refractivity contribution in [2.45, 2.75) is 18.9 Å². The van der Waals surface area contributed by atoms with Gasteiger partial charge in [0.2, 0.25) is 5.88 Å². The van der Waals surface area contributed by atoms with Gasteiger partial charge >= 0.3 is 6.18 Å². The maximum Gasteiger partial charge on any atom is 0.416 e. The van der Waals surface area contributed by atoms with Crippen LogP contribution >= 0.6 is 0 Å². The predicted octanol–water partition coefficient (Wildman–Crippen LogP) is 3.52. The van der Waals surface area contributed by atoms with Gasteiger partial charge < -0.3 is 14.8 Å². The first-order valence-corrected chi connectivity index (χ1v) is 7.24. The van der Waals surface area contributed by atoms with Crippen LogP contribution in [-0.2, 0) is 17.5 Å². The van der Waals surface area contributed by atoms with E-state index in [4.69, 9.17) is 9.47 Å². The Morgan fingerprint density at radius 3 is 2.42 bits per heavy atom. The Labute approximate surface area is 135 Å². The molecule has 0 saturated carbocycles. The molecular weight excluding hydrogens is 328 g/mol. The highest BCUT2D eigenvalue weighted by molar-refractivity contribution is 5.32. The minimum Gasteiger partial charge on any atom is -0.439 e. The quantitative estimate of drug-likeness (QED) is 0.845. The number of alkyl halides is 3. The van der Waals surface area contributed by atoms with Crippen molar-refractivity contribution in [1.29, 1.82) is 0 Å². The average molecular weight is 342 g/mol. The summed E-state index contributed by atoms with van der Waals surface area (Å²) in [6.45, 7) is 1.28. The monoisotopic (exact) mass is 342 g/mol. The van der Waals surface area contributed by atoms with Crippen molar-refractivity contribution in [3.8, 4) is 11.6 Å². The van der Waals surface area contributed by atoms with Gasteiger partial charge in [0.25, 0.3) is 0 Å². The summed E-state index contributed by atoms with van der Waals surface area (Å²) in [5, 5.41) is 3.00. The van der Waals surface area contributed by atoms with E-state index in [1.54, 1.807) is 0 Å². The highest BCUT2D eigenvalue weighted by Crippen LogP contribution is 2.33. The van der Waals surface area contributed by atoms with E-state index in [-0.39, 0.29) is 30.0 Å². The number of pyridine rings is 1. The molecule has 128 valence electrons. The second kappa shape index (κ2) is 6.74. The molecule has 1 aliphatic rings. The molecule has 1 fully saturated rings. The molecule has 0 amide bonds. The lowest BCUT2D eigenvalue weighted by atomic mass is 10.2. The number of aromatic nitrogens is 1. The van der Waals surface area contributed by atoms with Crippen LogP contribution in [0.25, 0.3) is 0 Å². The van der Waals surface area contributed by atoms with Crippen LogP contribution in [0.15, 0.2) is 36.4 Å². The molecule has 1 aromatic heterocycles. The molecule has 4 nitrogen and oxygen atoms in total. The Morgan fingerprint density at radius 1 is 1.12 bits per heavy atom. The lowest BCUT2D eigenvalue weighted by Crippen LogP contribution is -2.48. The van der Waals surface area contributed by atoms with Crippen LogP contribution in [0.2, 0.25) is 0 Å². The van der Waals surface area contributed by atoms with Gasteiger partial charge in [-0.1, -0.05) is 0 Å². The van der Waals surface area contributed by atoms with E-state index in [1.807, 2.05) is 0 Å². The number of halogens is 4.